The summed E-state index contributed by atoms with van der Waals surface area (Å²) in [6.07, 6.45) is 0. The molecule has 0 saturated carbocycles. The number of rotatable bonds is 6. The molecule has 1 fully saturated rings. The average molecular weight is 338 g/mol. The molecule has 0 unspecified atom stereocenters. The number of amides is 2. The zero-order chi connectivity index (χ0) is 16.8. The van der Waals surface area contributed by atoms with E-state index in [2.05, 4.69) is 27.7 Å². The Morgan fingerprint density at radius 2 is 2.00 bits per heavy atom. The van der Waals surface area contributed by atoms with Crippen LogP contribution in [0.15, 0.2) is 17.5 Å². The maximum atomic E-state index is 12.2. The van der Waals surface area contributed by atoms with Crippen LogP contribution in [0.2, 0.25) is 0 Å². The van der Waals surface area contributed by atoms with E-state index in [4.69, 9.17) is 5.73 Å². The highest BCUT2D eigenvalue weighted by molar-refractivity contribution is 7.09. The summed E-state index contributed by atoms with van der Waals surface area (Å²) in [4.78, 5) is 29.5. The number of piperazine rings is 1. The first-order valence-corrected chi connectivity index (χ1v) is 8.91. The molecule has 0 bridgehead atoms. The van der Waals surface area contributed by atoms with E-state index in [1.54, 1.807) is 11.3 Å². The van der Waals surface area contributed by atoms with Crippen LogP contribution in [-0.2, 0) is 16.1 Å². The Kier molecular flexibility index (Phi) is 6.56. The maximum absolute atomic E-state index is 12.2. The summed E-state index contributed by atoms with van der Waals surface area (Å²) in [5.74, 6) is -0.236. The summed E-state index contributed by atoms with van der Waals surface area (Å²) in [5.41, 5.74) is 5.76. The molecule has 2 rings (SSSR count). The second-order valence-electron chi connectivity index (χ2n) is 6.22. The third kappa shape index (κ3) is 5.30. The molecule has 1 aliphatic heterocycles. The van der Waals surface area contributed by atoms with Gasteiger partial charge in [-0.25, -0.2) is 0 Å². The van der Waals surface area contributed by atoms with Gasteiger partial charge in [0.25, 0.3) is 0 Å². The van der Waals surface area contributed by atoms with Crippen molar-refractivity contribution in [1.29, 1.82) is 0 Å². The van der Waals surface area contributed by atoms with Crippen molar-refractivity contribution in [2.24, 2.45) is 11.7 Å². The van der Waals surface area contributed by atoms with Crippen LogP contribution in [-0.4, -0.2) is 60.4 Å². The van der Waals surface area contributed by atoms with Crippen LogP contribution in [0.5, 0.6) is 0 Å². The number of nitrogens with zero attached hydrogens (tertiary/aromatic N) is 2. The molecule has 1 aromatic heterocycles. The predicted octanol–water partition coefficient (Wildman–Crippen LogP) is 0.492. The van der Waals surface area contributed by atoms with Gasteiger partial charge in [0.15, 0.2) is 0 Å². The van der Waals surface area contributed by atoms with Crippen molar-refractivity contribution in [3.8, 4) is 0 Å². The van der Waals surface area contributed by atoms with Gasteiger partial charge in [0, 0.05) is 37.6 Å². The highest BCUT2D eigenvalue weighted by atomic mass is 32.1. The Bertz CT molecular complexity index is 510. The van der Waals surface area contributed by atoms with E-state index in [-0.39, 0.29) is 24.3 Å². The monoisotopic (exact) mass is 338 g/mol. The molecule has 1 atom stereocenters. The fourth-order valence-corrected chi connectivity index (χ4v) is 3.22. The molecule has 2 amide bonds. The molecule has 7 heteroatoms. The van der Waals surface area contributed by atoms with Crippen LogP contribution in [0.3, 0.4) is 0 Å². The number of nitrogens with one attached hydrogen (secondary N) is 1. The number of carbonyl (C=O) groups is 2. The van der Waals surface area contributed by atoms with Crippen LogP contribution in [0, 0.1) is 5.92 Å². The average Bonchev–Trinajstić information content (AvgIpc) is 3.05. The first-order valence-electron chi connectivity index (χ1n) is 8.03. The molecule has 0 aromatic carbocycles. The molecule has 2 heterocycles. The van der Waals surface area contributed by atoms with Crippen molar-refractivity contribution in [2.45, 2.75) is 26.4 Å². The van der Waals surface area contributed by atoms with Crippen molar-refractivity contribution in [3.05, 3.63) is 22.4 Å². The van der Waals surface area contributed by atoms with Crippen molar-refractivity contribution in [2.75, 3.05) is 32.7 Å². The summed E-state index contributed by atoms with van der Waals surface area (Å²) < 4.78 is 0. The minimum absolute atomic E-state index is 0.0319. The Balaban J connectivity index is 1.70. The highest BCUT2D eigenvalue weighted by Gasteiger charge is 2.23. The van der Waals surface area contributed by atoms with E-state index >= 15 is 0 Å². The molecule has 1 aliphatic rings. The van der Waals surface area contributed by atoms with E-state index in [9.17, 15) is 9.59 Å². The van der Waals surface area contributed by atoms with Gasteiger partial charge in [-0.1, -0.05) is 19.9 Å². The lowest BCUT2D eigenvalue weighted by Gasteiger charge is -2.34. The van der Waals surface area contributed by atoms with Crippen LogP contribution in [0.4, 0.5) is 0 Å². The number of hydrogen-bond acceptors (Lipinski definition) is 5. The predicted molar refractivity (Wildman–Crippen MR) is 92.0 cm³/mol. The summed E-state index contributed by atoms with van der Waals surface area (Å²) in [6, 6.07) is 3.63. The Hall–Kier alpha value is -1.44. The Labute approximate surface area is 141 Å². The molecular formula is C16H26N4O2S. The van der Waals surface area contributed by atoms with Gasteiger partial charge in [0.1, 0.15) is 0 Å². The van der Waals surface area contributed by atoms with Gasteiger partial charge in [0.2, 0.25) is 11.8 Å². The molecule has 0 radical (unpaired) electrons. The Morgan fingerprint density at radius 3 is 2.57 bits per heavy atom. The van der Waals surface area contributed by atoms with Gasteiger partial charge >= 0.3 is 0 Å². The number of thiophene rings is 1. The topological polar surface area (TPSA) is 78.7 Å². The van der Waals surface area contributed by atoms with Crippen molar-refractivity contribution >= 4 is 23.2 Å². The smallest absolute Gasteiger partial charge is 0.242 e. The van der Waals surface area contributed by atoms with Crippen molar-refractivity contribution in [1.82, 2.24) is 15.1 Å². The van der Waals surface area contributed by atoms with E-state index in [1.807, 2.05) is 18.7 Å². The molecule has 6 nitrogen and oxygen atoms in total. The molecule has 0 spiro atoms. The van der Waals surface area contributed by atoms with Crippen molar-refractivity contribution in [3.63, 3.8) is 0 Å². The fraction of sp³-hybridized carbons (Fsp3) is 0.625. The summed E-state index contributed by atoms with van der Waals surface area (Å²) in [7, 11) is 0. The van der Waals surface area contributed by atoms with Crippen LogP contribution < -0.4 is 11.1 Å². The molecular weight excluding hydrogens is 312 g/mol. The van der Waals surface area contributed by atoms with Gasteiger partial charge in [-0.15, -0.1) is 11.3 Å². The minimum atomic E-state index is -0.564. The van der Waals surface area contributed by atoms with Crippen molar-refractivity contribution < 1.29 is 9.59 Å². The molecule has 1 saturated heterocycles. The zero-order valence-corrected chi connectivity index (χ0v) is 14.6. The fourth-order valence-electron chi connectivity index (χ4n) is 2.47. The van der Waals surface area contributed by atoms with E-state index < -0.39 is 6.04 Å². The van der Waals surface area contributed by atoms with Gasteiger partial charge in [-0.05, 0) is 17.4 Å². The first kappa shape index (κ1) is 17.9. The largest absolute Gasteiger partial charge is 0.346 e. The standard InChI is InChI=1S/C16H26N4O2S/c1-12(2)15(17)16(22)18-10-14(21)20-7-5-19(6-8-20)11-13-4-3-9-23-13/h3-4,9,12,15H,5-8,10-11,17H2,1-2H3,(H,18,22)/t15-/m0/s1. The molecule has 0 aliphatic carbocycles. The third-order valence-electron chi connectivity index (χ3n) is 4.12. The summed E-state index contributed by atoms with van der Waals surface area (Å²) in [6.45, 7) is 7.89. The maximum Gasteiger partial charge on any atom is 0.242 e. The molecule has 3 N–H and O–H groups in total. The van der Waals surface area contributed by atoms with E-state index in [0.717, 1.165) is 19.6 Å². The molecule has 23 heavy (non-hydrogen) atoms. The second kappa shape index (κ2) is 8.42. The number of hydrogen-bond donors (Lipinski definition) is 2. The summed E-state index contributed by atoms with van der Waals surface area (Å²) in [5, 5.41) is 4.72. The Morgan fingerprint density at radius 1 is 1.30 bits per heavy atom. The molecule has 128 valence electrons. The zero-order valence-electron chi connectivity index (χ0n) is 13.8. The second-order valence-corrected chi connectivity index (χ2v) is 7.26. The normalized spacial score (nSPS) is 17.3. The van der Waals surface area contributed by atoms with Crippen LogP contribution in [0.1, 0.15) is 18.7 Å². The lowest BCUT2D eigenvalue weighted by Crippen LogP contribution is -2.52. The quantitative estimate of drug-likeness (QED) is 0.791. The lowest BCUT2D eigenvalue weighted by atomic mass is 10.1. The van der Waals surface area contributed by atoms with E-state index in [0.29, 0.717) is 13.1 Å². The van der Waals surface area contributed by atoms with E-state index in [1.165, 1.54) is 4.88 Å². The third-order valence-corrected chi connectivity index (χ3v) is 4.98. The molecule has 1 aromatic rings. The van der Waals surface area contributed by atoms with Gasteiger partial charge in [-0.2, -0.15) is 0 Å². The highest BCUT2D eigenvalue weighted by Crippen LogP contribution is 2.13. The SMILES string of the molecule is CC(C)[C@H](N)C(=O)NCC(=O)N1CCN(Cc2cccs2)CC1. The lowest BCUT2D eigenvalue weighted by molar-refractivity contribution is -0.134. The van der Waals surface area contributed by atoms with Crippen LogP contribution >= 0.6 is 11.3 Å². The van der Waals surface area contributed by atoms with Gasteiger partial charge in [0.05, 0.1) is 12.6 Å². The first-order chi connectivity index (χ1) is 11.0. The minimum Gasteiger partial charge on any atom is -0.346 e. The number of nitrogens with two attached hydrogens (primary N) is 1. The number of carbonyl (C=O) groups excluding carboxylic acids is 2. The van der Waals surface area contributed by atoms with Gasteiger partial charge in [-0.3, -0.25) is 14.5 Å². The van der Waals surface area contributed by atoms with Crippen LogP contribution in [0.25, 0.3) is 0 Å². The summed E-state index contributed by atoms with van der Waals surface area (Å²) >= 11 is 1.76. The van der Waals surface area contributed by atoms with Gasteiger partial charge < -0.3 is 16.0 Å².